The van der Waals surface area contributed by atoms with Gasteiger partial charge in [-0.1, -0.05) is 212 Å². The second-order valence-electron chi connectivity index (χ2n) is 16.8. The fourth-order valence-corrected chi connectivity index (χ4v) is 10.2. The molecule has 11 aromatic carbocycles. The van der Waals surface area contributed by atoms with Gasteiger partial charge in [-0.3, -0.25) is 0 Å². The third-order valence-corrected chi connectivity index (χ3v) is 13.1. The molecule has 0 bridgehead atoms. The molecule has 13 rings (SSSR count). The van der Waals surface area contributed by atoms with Crippen LogP contribution >= 0.6 is 0 Å². The summed E-state index contributed by atoms with van der Waals surface area (Å²) < 4.78 is 6.32. The molecule has 0 N–H and O–H groups in total. The number of hydrogen-bond acceptors (Lipinski definition) is 3. The average molecular weight is 827 g/mol. The summed E-state index contributed by atoms with van der Waals surface area (Å²) in [7, 11) is 0. The molecule has 2 aromatic heterocycles. The maximum atomic E-state index is 6.32. The first-order valence-corrected chi connectivity index (χ1v) is 22.1. The number of aromatic nitrogens is 2. The maximum absolute atomic E-state index is 6.32. The van der Waals surface area contributed by atoms with E-state index < -0.39 is 0 Å². The van der Waals surface area contributed by atoms with E-state index in [9.17, 15) is 0 Å². The molecule has 2 heterocycles. The first-order chi connectivity index (χ1) is 32.2. The summed E-state index contributed by atoms with van der Waals surface area (Å²) in [5, 5.41) is 11.9. The van der Waals surface area contributed by atoms with Gasteiger partial charge < -0.3 is 4.42 Å². The van der Waals surface area contributed by atoms with Crippen molar-refractivity contribution in [3.63, 3.8) is 0 Å². The molecule has 0 aliphatic heterocycles. The molecule has 0 atom stereocenters. The van der Waals surface area contributed by atoms with Crippen LogP contribution in [0.4, 0.5) is 0 Å². The van der Waals surface area contributed by atoms with Gasteiger partial charge in [0.25, 0.3) is 0 Å². The largest absolute Gasteiger partial charge is 0.456 e. The minimum absolute atomic E-state index is 0.677. The summed E-state index contributed by atoms with van der Waals surface area (Å²) in [5.74, 6) is 0.677. The lowest BCUT2D eigenvalue weighted by Gasteiger charge is -2.19. The van der Waals surface area contributed by atoms with Gasteiger partial charge in [0.1, 0.15) is 11.2 Å². The van der Waals surface area contributed by atoms with Gasteiger partial charge in [-0.2, -0.15) is 0 Å². The van der Waals surface area contributed by atoms with Crippen LogP contribution in [0.25, 0.3) is 132 Å². The van der Waals surface area contributed by atoms with Crippen molar-refractivity contribution >= 4 is 65.0 Å². The first-order valence-electron chi connectivity index (χ1n) is 22.1. The quantitative estimate of drug-likeness (QED) is 0.124. The first kappa shape index (κ1) is 36.9. The summed E-state index contributed by atoms with van der Waals surface area (Å²) in [4.78, 5) is 10.5. The van der Waals surface area contributed by atoms with E-state index in [1.54, 1.807) is 0 Å². The van der Waals surface area contributed by atoms with E-state index in [1.807, 2.05) is 42.5 Å². The van der Waals surface area contributed by atoms with Crippen LogP contribution in [0.3, 0.4) is 0 Å². The highest BCUT2D eigenvalue weighted by molar-refractivity contribution is 6.28. The van der Waals surface area contributed by atoms with Crippen molar-refractivity contribution in [2.45, 2.75) is 0 Å². The van der Waals surface area contributed by atoms with Gasteiger partial charge in [0, 0.05) is 27.5 Å². The van der Waals surface area contributed by atoms with Crippen molar-refractivity contribution in [1.82, 2.24) is 9.97 Å². The normalized spacial score (nSPS) is 11.7. The van der Waals surface area contributed by atoms with Gasteiger partial charge in [0.05, 0.1) is 11.4 Å². The van der Waals surface area contributed by atoms with Crippen LogP contribution in [0, 0.1) is 0 Å². The molecule has 0 amide bonds. The Morgan fingerprint density at radius 3 is 1.57 bits per heavy atom. The zero-order valence-corrected chi connectivity index (χ0v) is 35.2. The monoisotopic (exact) mass is 826 g/mol. The van der Waals surface area contributed by atoms with Crippen LogP contribution < -0.4 is 0 Å². The molecule has 0 radical (unpaired) electrons. The van der Waals surface area contributed by atoms with Crippen LogP contribution in [0.15, 0.2) is 235 Å². The van der Waals surface area contributed by atoms with Gasteiger partial charge in [0.2, 0.25) is 0 Å². The standard InChI is InChI=1S/C62H38N2O/c1-3-17-41(18-4-1)59-50-25-12-11-24-49(50)58(53-35-34-39-16-7-8-21-45(39)61(53)59)42-32-30-40(31-33-42)44-36-37-48(47-23-10-9-22-46(44)47)54-38-55(64-62(63-54)43-19-5-2-6-20-43)51-27-15-29-57-60(51)52-26-13-14-28-56(52)65-57/h1-38H. The molecule has 3 nitrogen and oxygen atoms in total. The van der Waals surface area contributed by atoms with E-state index in [0.29, 0.717) is 5.82 Å². The van der Waals surface area contributed by atoms with Gasteiger partial charge >= 0.3 is 0 Å². The summed E-state index contributed by atoms with van der Waals surface area (Å²) in [6, 6.07) is 82.3. The highest BCUT2D eigenvalue weighted by Crippen LogP contribution is 2.47. The van der Waals surface area contributed by atoms with Crippen molar-refractivity contribution in [3.8, 4) is 67.3 Å². The molecule has 0 saturated carbocycles. The minimum atomic E-state index is 0.677. The SMILES string of the molecule is c1ccc(-c2nc(-c3ccc(-c4ccc(-c5c6ccccc6c(-c6ccccc6)c6c5ccc5ccccc56)cc4)c4ccccc34)cc(-c3cccc4oc5ccccc5c34)n2)cc1. The topological polar surface area (TPSA) is 38.9 Å². The average Bonchev–Trinajstić information content (AvgIpc) is 3.77. The van der Waals surface area contributed by atoms with Crippen molar-refractivity contribution in [2.75, 3.05) is 0 Å². The molecule has 0 saturated heterocycles. The second-order valence-corrected chi connectivity index (χ2v) is 16.8. The number of benzene rings is 11. The van der Waals surface area contributed by atoms with E-state index >= 15 is 0 Å². The molecular formula is C62H38N2O. The van der Waals surface area contributed by atoms with Crippen LogP contribution in [-0.2, 0) is 0 Å². The van der Waals surface area contributed by atoms with Crippen LogP contribution in [0.2, 0.25) is 0 Å². The molecule has 0 fully saturated rings. The predicted octanol–water partition coefficient (Wildman–Crippen LogP) is 17.0. The van der Waals surface area contributed by atoms with Crippen molar-refractivity contribution in [3.05, 3.63) is 231 Å². The Bertz CT molecular complexity index is 3980. The minimum Gasteiger partial charge on any atom is -0.456 e. The number of furan rings is 1. The smallest absolute Gasteiger partial charge is 0.160 e. The fraction of sp³-hybridized carbons (Fsp3) is 0. The Hall–Kier alpha value is -8.66. The summed E-state index contributed by atoms with van der Waals surface area (Å²) >= 11 is 0. The van der Waals surface area contributed by atoms with Crippen LogP contribution in [0.5, 0.6) is 0 Å². The van der Waals surface area contributed by atoms with E-state index in [2.05, 4.69) is 188 Å². The maximum Gasteiger partial charge on any atom is 0.160 e. The Morgan fingerprint density at radius 1 is 0.277 bits per heavy atom. The van der Waals surface area contributed by atoms with Crippen molar-refractivity contribution in [1.29, 1.82) is 0 Å². The Labute approximate surface area is 375 Å². The van der Waals surface area contributed by atoms with E-state index in [4.69, 9.17) is 14.4 Å². The highest BCUT2D eigenvalue weighted by atomic mass is 16.3. The van der Waals surface area contributed by atoms with Gasteiger partial charge in [-0.15, -0.1) is 0 Å². The lowest BCUT2D eigenvalue weighted by molar-refractivity contribution is 0.669. The van der Waals surface area contributed by atoms with Gasteiger partial charge in [0.15, 0.2) is 5.82 Å². The lowest BCUT2D eigenvalue weighted by atomic mass is 9.83. The third-order valence-electron chi connectivity index (χ3n) is 13.1. The molecule has 65 heavy (non-hydrogen) atoms. The molecular weight excluding hydrogens is 789 g/mol. The van der Waals surface area contributed by atoms with Gasteiger partial charge in [-0.25, -0.2) is 9.97 Å². The zero-order valence-electron chi connectivity index (χ0n) is 35.2. The number of para-hydroxylation sites is 1. The second kappa shape index (κ2) is 15.0. The Morgan fingerprint density at radius 2 is 0.815 bits per heavy atom. The molecule has 3 heteroatoms. The molecule has 0 unspecified atom stereocenters. The van der Waals surface area contributed by atoms with Gasteiger partial charge in [-0.05, 0) is 94.7 Å². The van der Waals surface area contributed by atoms with Crippen molar-refractivity contribution in [2.24, 2.45) is 0 Å². The summed E-state index contributed by atoms with van der Waals surface area (Å²) in [6.45, 7) is 0. The third kappa shape index (κ3) is 6.05. The fourth-order valence-electron chi connectivity index (χ4n) is 10.2. The molecule has 0 spiro atoms. The number of rotatable bonds is 6. The predicted molar refractivity (Wildman–Crippen MR) is 272 cm³/mol. The number of nitrogens with zero attached hydrogens (tertiary/aromatic N) is 2. The Balaban J connectivity index is 0.969. The number of hydrogen-bond donors (Lipinski definition) is 0. The molecule has 0 aliphatic carbocycles. The number of fused-ring (bicyclic) bond motifs is 8. The summed E-state index contributed by atoms with van der Waals surface area (Å²) in [6.07, 6.45) is 0. The lowest BCUT2D eigenvalue weighted by Crippen LogP contribution is -1.97. The van der Waals surface area contributed by atoms with Crippen LogP contribution in [0.1, 0.15) is 0 Å². The molecule has 13 aromatic rings. The van der Waals surface area contributed by atoms with E-state index in [0.717, 1.165) is 66.4 Å². The van der Waals surface area contributed by atoms with Crippen LogP contribution in [-0.4, -0.2) is 9.97 Å². The van der Waals surface area contributed by atoms with E-state index in [1.165, 1.54) is 60.1 Å². The molecule has 0 aliphatic rings. The Kier molecular flexibility index (Phi) is 8.53. The van der Waals surface area contributed by atoms with E-state index in [-0.39, 0.29) is 0 Å². The highest BCUT2D eigenvalue weighted by Gasteiger charge is 2.21. The summed E-state index contributed by atoms with van der Waals surface area (Å²) in [5.41, 5.74) is 13.7. The molecule has 302 valence electrons. The van der Waals surface area contributed by atoms with Crippen molar-refractivity contribution < 1.29 is 4.42 Å². The zero-order chi connectivity index (χ0) is 42.8.